The van der Waals surface area contributed by atoms with Crippen molar-refractivity contribution in [1.82, 2.24) is 9.88 Å². The van der Waals surface area contributed by atoms with Gasteiger partial charge in [-0.05, 0) is 25.7 Å². The molecule has 1 saturated carbocycles. The second kappa shape index (κ2) is 5.39. The van der Waals surface area contributed by atoms with Crippen molar-refractivity contribution in [3.05, 3.63) is 16.6 Å². The number of amides is 1. The van der Waals surface area contributed by atoms with E-state index in [4.69, 9.17) is 0 Å². The van der Waals surface area contributed by atoms with Crippen LogP contribution in [0.2, 0.25) is 0 Å². The van der Waals surface area contributed by atoms with Crippen molar-refractivity contribution in [2.24, 2.45) is 5.92 Å². The second-order valence-electron chi connectivity index (χ2n) is 5.39. The summed E-state index contributed by atoms with van der Waals surface area (Å²) in [6.07, 6.45) is 10.0. The molecule has 3 nitrogen and oxygen atoms in total. The lowest BCUT2D eigenvalue weighted by atomic mass is 9.88. The van der Waals surface area contributed by atoms with Gasteiger partial charge in [0.05, 0.1) is 6.04 Å². The quantitative estimate of drug-likeness (QED) is 0.820. The van der Waals surface area contributed by atoms with Crippen LogP contribution in [0.25, 0.3) is 0 Å². The molecule has 2 heterocycles. The smallest absolute Gasteiger partial charge is 0.226 e. The third-order valence-electron chi connectivity index (χ3n) is 4.23. The molecule has 1 saturated heterocycles. The Morgan fingerprint density at radius 2 is 2.06 bits per heavy atom. The molecule has 1 aromatic rings. The number of carbonyl (C=O) groups excluding carboxylic acids is 1. The minimum absolute atomic E-state index is 0.263. The number of rotatable bonds is 2. The summed E-state index contributed by atoms with van der Waals surface area (Å²) in [6.45, 7) is 0.930. The zero-order chi connectivity index (χ0) is 12.4. The third-order valence-corrected chi connectivity index (χ3v) is 5.10. The van der Waals surface area contributed by atoms with Crippen LogP contribution >= 0.6 is 11.3 Å². The van der Waals surface area contributed by atoms with Crippen LogP contribution < -0.4 is 0 Å². The fraction of sp³-hybridized carbons (Fsp3) is 0.714. The molecular formula is C14H20N2OS. The number of nitrogens with zero attached hydrogens (tertiary/aromatic N) is 2. The minimum atomic E-state index is 0.263. The highest BCUT2D eigenvalue weighted by molar-refractivity contribution is 7.09. The molecule has 2 fully saturated rings. The molecule has 1 aromatic heterocycles. The van der Waals surface area contributed by atoms with Gasteiger partial charge in [-0.15, -0.1) is 11.3 Å². The van der Waals surface area contributed by atoms with Gasteiger partial charge in [-0.2, -0.15) is 0 Å². The molecule has 1 amide bonds. The predicted molar refractivity (Wildman–Crippen MR) is 72.4 cm³/mol. The fourth-order valence-electron chi connectivity index (χ4n) is 3.27. The Labute approximate surface area is 112 Å². The van der Waals surface area contributed by atoms with Gasteiger partial charge in [0.15, 0.2) is 0 Å². The normalized spacial score (nSPS) is 25.6. The molecule has 1 aliphatic heterocycles. The van der Waals surface area contributed by atoms with E-state index in [0.29, 0.717) is 11.8 Å². The van der Waals surface area contributed by atoms with Gasteiger partial charge in [-0.3, -0.25) is 4.79 Å². The molecule has 4 heteroatoms. The Hall–Kier alpha value is -0.900. The summed E-state index contributed by atoms with van der Waals surface area (Å²) in [5.74, 6) is 0.687. The molecule has 0 bridgehead atoms. The van der Waals surface area contributed by atoms with Crippen molar-refractivity contribution in [2.45, 2.75) is 51.0 Å². The molecule has 0 N–H and O–H groups in total. The molecule has 1 unspecified atom stereocenters. The van der Waals surface area contributed by atoms with Gasteiger partial charge >= 0.3 is 0 Å². The monoisotopic (exact) mass is 264 g/mol. The van der Waals surface area contributed by atoms with E-state index in [1.165, 1.54) is 19.3 Å². The Balaban J connectivity index is 1.72. The van der Waals surface area contributed by atoms with Crippen molar-refractivity contribution in [1.29, 1.82) is 0 Å². The van der Waals surface area contributed by atoms with E-state index in [-0.39, 0.29) is 6.04 Å². The van der Waals surface area contributed by atoms with E-state index < -0.39 is 0 Å². The van der Waals surface area contributed by atoms with Gasteiger partial charge in [0.25, 0.3) is 0 Å². The summed E-state index contributed by atoms with van der Waals surface area (Å²) in [4.78, 5) is 19.1. The molecule has 3 rings (SSSR count). The summed E-state index contributed by atoms with van der Waals surface area (Å²) >= 11 is 1.68. The molecule has 1 atom stereocenters. The van der Waals surface area contributed by atoms with Gasteiger partial charge in [0, 0.05) is 24.0 Å². The molecule has 0 spiro atoms. The Bertz CT molecular complexity index is 398. The van der Waals surface area contributed by atoms with E-state index >= 15 is 0 Å². The van der Waals surface area contributed by atoms with Crippen molar-refractivity contribution in [3.8, 4) is 0 Å². The lowest BCUT2D eigenvalue weighted by molar-refractivity contribution is -0.137. The van der Waals surface area contributed by atoms with Gasteiger partial charge in [0.1, 0.15) is 5.01 Å². The zero-order valence-electron chi connectivity index (χ0n) is 10.7. The van der Waals surface area contributed by atoms with E-state index in [0.717, 1.165) is 37.2 Å². The highest BCUT2D eigenvalue weighted by atomic mass is 32.1. The summed E-state index contributed by atoms with van der Waals surface area (Å²) in [5.41, 5.74) is 0. The first-order chi connectivity index (χ1) is 8.86. The first kappa shape index (κ1) is 12.2. The number of thiazole rings is 1. The van der Waals surface area contributed by atoms with Crippen LogP contribution in [0.3, 0.4) is 0 Å². The van der Waals surface area contributed by atoms with Gasteiger partial charge in [0.2, 0.25) is 5.91 Å². The van der Waals surface area contributed by atoms with Crippen LogP contribution in [0.4, 0.5) is 0 Å². The van der Waals surface area contributed by atoms with Crippen molar-refractivity contribution in [3.63, 3.8) is 0 Å². The molecule has 0 radical (unpaired) electrons. The van der Waals surface area contributed by atoms with Crippen LogP contribution in [-0.4, -0.2) is 22.3 Å². The van der Waals surface area contributed by atoms with Gasteiger partial charge in [-0.25, -0.2) is 4.98 Å². The van der Waals surface area contributed by atoms with Crippen molar-refractivity contribution >= 4 is 17.2 Å². The number of aromatic nitrogens is 1. The molecule has 98 valence electrons. The standard InChI is InChI=1S/C14H20N2OS/c17-14(11-5-2-1-3-6-11)16-9-4-7-12(16)13-15-8-10-18-13/h8,10-12H,1-7,9H2. The Morgan fingerprint density at radius 3 is 2.78 bits per heavy atom. The molecule has 1 aliphatic carbocycles. The van der Waals surface area contributed by atoms with Gasteiger partial charge in [-0.1, -0.05) is 19.3 Å². The predicted octanol–water partition coefficient (Wildman–Crippen LogP) is 3.39. The van der Waals surface area contributed by atoms with Crippen molar-refractivity contribution in [2.75, 3.05) is 6.54 Å². The third kappa shape index (κ3) is 2.30. The Morgan fingerprint density at radius 1 is 1.22 bits per heavy atom. The fourth-order valence-corrected chi connectivity index (χ4v) is 4.06. The lowest BCUT2D eigenvalue weighted by Gasteiger charge is -2.29. The number of hydrogen-bond donors (Lipinski definition) is 0. The van der Waals surface area contributed by atoms with Crippen LogP contribution in [-0.2, 0) is 4.79 Å². The second-order valence-corrected chi connectivity index (χ2v) is 6.32. The van der Waals surface area contributed by atoms with Crippen LogP contribution in [0.15, 0.2) is 11.6 Å². The van der Waals surface area contributed by atoms with E-state index in [1.807, 2.05) is 11.6 Å². The molecular weight excluding hydrogens is 244 g/mol. The molecule has 0 aromatic carbocycles. The van der Waals surface area contributed by atoms with E-state index in [9.17, 15) is 4.79 Å². The highest BCUT2D eigenvalue weighted by Gasteiger charge is 2.35. The van der Waals surface area contributed by atoms with Crippen LogP contribution in [0.1, 0.15) is 56.0 Å². The molecule has 2 aliphatic rings. The number of likely N-dealkylation sites (tertiary alicyclic amines) is 1. The van der Waals surface area contributed by atoms with Gasteiger partial charge < -0.3 is 4.90 Å². The topological polar surface area (TPSA) is 33.2 Å². The van der Waals surface area contributed by atoms with Crippen LogP contribution in [0.5, 0.6) is 0 Å². The van der Waals surface area contributed by atoms with Crippen molar-refractivity contribution < 1.29 is 4.79 Å². The summed E-state index contributed by atoms with van der Waals surface area (Å²) in [6, 6.07) is 0.263. The maximum atomic E-state index is 12.6. The summed E-state index contributed by atoms with van der Waals surface area (Å²) < 4.78 is 0. The average Bonchev–Trinajstić information content (AvgIpc) is 3.09. The maximum absolute atomic E-state index is 12.6. The average molecular weight is 264 g/mol. The summed E-state index contributed by atoms with van der Waals surface area (Å²) in [7, 11) is 0. The highest BCUT2D eigenvalue weighted by Crippen LogP contribution is 2.36. The lowest BCUT2D eigenvalue weighted by Crippen LogP contribution is -2.36. The molecule has 18 heavy (non-hydrogen) atoms. The minimum Gasteiger partial charge on any atom is -0.333 e. The summed E-state index contributed by atoms with van der Waals surface area (Å²) in [5, 5.41) is 3.13. The first-order valence-corrected chi connectivity index (χ1v) is 7.94. The SMILES string of the molecule is O=C(C1CCCCC1)N1CCCC1c1nccs1. The maximum Gasteiger partial charge on any atom is 0.226 e. The largest absolute Gasteiger partial charge is 0.333 e. The van der Waals surface area contributed by atoms with Crippen LogP contribution in [0, 0.1) is 5.92 Å². The Kier molecular flexibility index (Phi) is 3.64. The van der Waals surface area contributed by atoms with E-state index in [1.54, 1.807) is 11.3 Å². The zero-order valence-corrected chi connectivity index (χ0v) is 11.5. The number of carbonyl (C=O) groups is 1. The first-order valence-electron chi connectivity index (χ1n) is 7.06. The van der Waals surface area contributed by atoms with E-state index in [2.05, 4.69) is 9.88 Å². The number of hydrogen-bond acceptors (Lipinski definition) is 3.